The van der Waals surface area contributed by atoms with Gasteiger partial charge in [0.15, 0.2) is 0 Å². The zero-order chi connectivity index (χ0) is 15.8. The van der Waals surface area contributed by atoms with Crippen molar-refractivity contribution in [3.8, 4) is 5.75 Å². The summed E-state index contributed by atoms with van der Waals surface area (Å²) in [6.07, 6.45) is 0. The van der Waals surface area contributed by atoms with E-state index in [2.05, 4.69) is 49.9 Å². The molecule has 0 amide bonds. The Hall–Kier alpha value is -1.10. The lowest BCUT2D eigenvalue weighted by Gasteiger charge is -2.34. The third-order valence-corrected chi connectivity index (χ3v) is 3.60. The van der Waals surface area contributed by atoms with Gasteiger partial charge in [-0.1, -0.05) is 32.0 Å². The van der Waals surface area contributed by atoms with Crippen LogP contribution in [-0.4, -0.2) is 57.2 Å². The van der Waals surface area contributed by atoms with Gasteiger partial charge in [-0.15, -0.1) is 0 Å². The molecule has 21 heavy (non-hydrogen) atoms. The molecule has 1 aromatic carbocycles. The molecule has 0 aliphatic rings. The third-order valence-electron chi connectivity index (χ3n) is 3.60. The largest absolute Gasteiger partial charge is 0.496 e. The van der Waals surface area contributed by atoms with Gasteiger partial charge in [-0.2, -0.15) is 0 Å². The van der Waals surface area contributed by atoms with Crippen molar-refractivity contribution in [3.63, 3.8) is 0 Å². The second kappa shape index (κ2) is 9.03. The Morgan fingerprint density at radius 3 is 2.33 bits per heavy atom. The van der Waals surface area contributed by atoms with E-state index in [0.29, 0.717) is 12.5 Å². The van der Waals surface area contributed by atoms with Gasteiger partial charge < -0.3 is 15.4 Å². The van der Waals surface area contributed by atoms with Crippen LogP contribution in [0.2, 0.25) is 0 Å². The highest BCUT2D eigenvalue weighted by Crippen LogP contribution is 2.29. The first-order chi connectivity index (χ1) is 9.99. The second-order valence-corrected chi connectivity index (χ2v) is 6.19. The Balaban J connectivity index is 2.98. The highest BCUT2D eigenvalue weighted by molar-refractivity contribution is 5.36. The van der Waals surface area contributed by atoms with Gasteiger partial charge in [-0.05, 0) is 26.1 Å². The van der Waals surface area contributed by atoms with Crippen molar-refractivity contribution in [2.75, 3.05) is 47.4 Å². The molecule has 4 nitrogen and oxygen atoms in total. The van der Waals surface area contributed by atoms with E-state index in [9.17, 15) is 0 Å². The Kier molecular flexibility index (Phi) is 7.72. The first-order valence-electron chi connectivity index (χ1n) is 7.71. The molecule has 1 aromatic rings. The van der Waals surface area contributed by atoms with Crippen LogP contribution in [0.1, 0.15) is 25.5 Å². The van der Waals surface area contributed by atoms with Crippen LogP contribution >= 0.6 is 0 Å². The number of likely N-dealkylation sites (N-methyl/N-ethyl adjacent to an activating group) is 1. The topological polar surface area (TPSA) is 41.7 Å². The molecule has 0 saturated heterocycles. The molecule has 0 radical (unpaired) electrons. The van der Waals surface area contributed by atoms with Crippen LogP contribution in [0.5, 0.6) is 5.75 Å². The van der Waals surface area contributed by atoms with Gasteiger partial charge in [-0.25, -0.2) is 0 Å². The number of hydrogen-bond donors (Lipinski definition) is 1. The van der Waals surface area contributed by atoms with Crippen molar-refractivity contribution < 1.29 is 4.74 Å². The number of nitrogens with zero attached hydrogens (tertiary/aromatic N) is 2. The van der Waals surface area contributed by atoms with Crippen molar-refractivity contribution in [1.82, 2.24) is 9.80 Å². The van der Waals surface area contributed by atoms with Gasteiger partial charge in [-0.3, -0.25) is 4.90 Å². The van der Waals surface area contributed by atoms with Gasteiger partial charge >= 0.3 is 0 Å². The van der Waals surface area contributed by atoms with E-state index in [0.717, 1.165) is 25.4 Å². The molecule has 2 N–H and O–H groups in total. The summed E-state index contributed by atoms with van der Waals surface area (Å²) in [5.74, 6) is 1.53. The van der Waals surface area contributed by atoms with Gasteiger partial charge in [0, 0.05) is 31.7 Å². The molecular weight excluding hydrogens is 262 g/mol. The average molecular weight is 293 g/mol. The van der Waals surface area contributed by atoms with Crippen LogP contribution in [0.4, 0.5) is 0 Å². The van der Waals surface area contributed by atoms with E-state index in [1.807, 2.05) is 12.1 Å². The summed E-state index contributed by atoms with van der Waals surface area (Å²) in [5, 5.41) is 0. The first kappa shape index (κ1) is 18.0. The Bertz CT molecular complexity index is 407. The maximum Gasteiger partial charge on any atom is 0.123 e. The molecule has 0 bridgehead atoms. The van der Waals surface area contributed by atoms with E-state index in [1.54, 1.807) is 7.11 Å². The number of ether oxygens (including phenoxy) is 1. The van der Waals surface area contributed by atoms with Crippen molar-refractivity contribution >= 4 is 0 Å². The van der Waals surface area contributed by atoms with Crippen LogP contribution in [0.25, 0.3) is 0 Å². The summed E-state index contributed by atoms with van der Waals surface area (Å²) in [7, 11) is 5.93. The molecule has 1 unspecified atom stereocenters. The van der Waals surface area contributed by atoms with Crippen LogP contribution in [0, 0.1) is 5.92 Å². The molecule has 0 spiro atoms. The fourth-order valence-electron chi connectivity index (χ4n) is 2.59. The molecule has 120 valence electrons. The molecule has 0 aromatic heterocycles. The Morgan fingerprint density at radius 2 is 1.81 bits per heavy atom. The summed E-state index contributed by atoms with van der Waals surface area (Å²) < 4.78 is 5.52. The summed E-state index contributed by atoms with van der Waals surface area (Å²) in [5.41, 5.74) is 7.28. The lowest BCUT2D eigenvalue weighted by Crippen LogP contribution is -2.40. The Labute approximate surface area is 129 Å². The van der Waals surface area contributed by atoms with Crippen molar-refractivity contribution in [2.24, 2.45) is 11.7 Å². The second-order valence-electron chi connectivity index (χ2n) is 6.19. The molecule has 0 fully saturated rings. The molecule has 1 atom stereocenters. The molecule has 1 rings (SSSR count). The highest BCUT2D eigenvalue weighted by atomic mass is 16.5. The van der Waals surface area contributed by atoms with E-state index in [4.69, 9.17) is 10.5 Å². The third kappa shape index (κ3) is 5.65. The van der Waals surface area contributed by atoms with Crippen LogP contribution in [-0.2, 0) is 0 Å². The van der Waals surface area contributed by atoms with E-state index in [-0.39, 0.29) is 6.04 Å². The minimum Gasteiger partial charge on any atom is -0.496 e. The summed E-state index contributed by atoms with van der Waals surface area (Å²) in [6.45, 7) is 8.16. The molecular formula is C17H31N3O. The van der Waals surface area contributed by atoms with E-state index in [1.165, 1.54) is 5.56 Å². The van der Waals surface area contributed by atoms with Crippen LogP contribution in [0.3, 0.4) is 0 Å². The van der Waals surface area contributed by atoms with Gasteiger partial charge in [0.05, 0.1) is 13.2 Å². The van der Waals surface area contributed by atoms with E-state index >= 15 is 0 Å². The number of rotatable bonds is 9. The maximum absolute atomic E-state index is 6.10. The quantitative estimate of drug-likeness (QED) is 0.758. The standard InChI is InChI=1S/C17H31N3O/c1-14(2)13-20(11-10-19(3)4)16(12-18)15-8-6-7-9-17(15)21-5/h6-9,14,16H,10-13,18H2,1-5H3. The minimum absolute atomic E-state index is 0.198. The fraction of sp³-hybridized carbons (Fsp3) is 0.647. The lowest BCUT2D eigenvalue weighted by molar-refractivity contribution is 0.161. The summed E-state index contributed by atoms with van der Waals surface area (Å²) >= 11 is 0. The maximum atomic E-state index is 6.10. The molecule has 0 aliphatic carbocycles. The van der Waals surface area contributed by atoms with Crippen molar-refractivity contribution in [2.45, 2.75) is 19.9 Å². The van der Waals surface area contributed by atoms with Crippen LogP contribution in [0.15, 0.2) is 24.3 Å². The smallest absolute Gasteiger partial charge is 0.123 e. The predicted molar refractivity (Wildman–Crippen MR) is 89.8 cm³/mol. The monoisotopic (exact) mass is 293 g/mol. The zero-order valence-electron chi connectivity index (χ0n) is 14.2. The SMILES string of the molecule is COc1ccccc1C(CN)N(CCN(C)C)CC(C)C. The lowest BCUT2D eigenvalue weighted by atomic mass is 10.0. The summed E-state index contributed by atoms with van der Waals surface area (Å²) in [4.78, 5) is 4.69. The van der Waals surface area contributed by atoms with Gasteiger partial charge in [0.2, 0.25) is 0 Å². The molecule has 0 aliphatic heterocycles. The Morgan fingerprint density at radius 1 is 1.14 bits per heavy atom. The first-order valence-corrected chi connectivity index (χ1v) is 7.71. The highest BCUT2D eigenvalue weighted by Gasteiger charge is 2.22. The predicted octanol–water partition coefficient (Wildman–Crippen LogP) is 2.21. The molecule has 0 saturated carbocycles. The average Bonchev–Trinajstić information content (AvgIpc) is 2.45. The number of benzene rings is 1. The number of methoxy groups -OCH3 is 1. The van der Waals surface area contributed by atoms with Crippen molar-refractivity contribution in [3.05, 3.63) is 29.8 Å². The zero-order valence-corrected chi connectivity index (χ0v) is 14.2. The van der Waals surface area contributed by atoms with Gasteiger partial charge in [0.1, 0.15) is 5.75 Å². The number of para-hydroxylation sites is 1. The van der Waals surface area contributed by atoms with Crippen LogP contribution < -0.4 is 10.5 Å². The molecule has 0 heterocycles. The number of hydrogen-bond acceptors (Lipinski definition) is 4. The van der Waals surface area contributed by atoms with E-state index < -0.39 is 0 Å². The normalized spacial score (nSPS) is 13.2. The van der Waals surface area contributed by atoms with Gasteiger partial charge in [0.25, 0.3) is 0 Å². The van der Waals surface area contributed by atoms with Crippen molar-refractivity contribution in [1.29, 1.82) is 0 Å². The minimum atomic E-state index is 0.198. The summed E-state index contributed by atoms with van der Waals surface area (Å²) in [6, 6.07) is 8.39. The fourth-order valence-corrected chi connectivity index (χ4v) is 2.59. The molecule has 4 heteroatoms. The number of nitrogens with two attached hydrogens (primary N) is 1.